The Morgan fingerprint density at radius 3 is 2.49 bits per heavy atom. The van der Waals surface area contributed by atoms with Crippen molar-refractivity contribution < 1.29 is 23.8 Å². The second-order valence-corrected chi connectivity index (χ2v) is 8.48. The highest BCUT2D eigenvalue weighted by Gasteiger charge is 2.46. The number of aliphatic hydroxyl groups excluding tert-OH is 1. The number of likely N-dealkylation sites (tertiary alicyclic amines) is 1. The van der Waals surface area contributed by atoms with Crippen LogP contribution >= 0.6 is 0 Å². The van der Waals surface area contributed by atoms with Gasteiger partial charge in [-0.15, -0.1) is 0 Å². The third kappa shape index (κ3) is 5.27. The number of aliphatic hydroxyl groups is 1. The molecule has 5 nitrogen and oxygen atoms in total. The van der Waals surface area contributed by atoms with Crippen molar-refractivity contribution in [2.75, 3.05) is 13.2 Å². The Kier molecular flexibility index (Phi) is 7.60. The lowest BCUT2D eigenvalue weighted by Crippen LogP contribution is -2.32. The molecule has 1 N–H and O–H groups in total. The van der Waals surface area contributed by atoms with Gasteiger partial charge in [0.15, 0.2) is 0 Å². The Labute approximate surface area is 204 Å². The number of amides is 1. The number of hydrogen-bond donors (Lipinski definition) is 1. The molecule has 0 saturated carbocycles. The predicted molar refractivity (Wildman–Crippen MR) is 132 cm³/mol. The molecule has 3 aromatic rings. The zero-order valence-corrected chi connectivity index (χ0v) is 19.6. The van der Waals surface area contributed by atoms with E-state index in [1.807, 2.05) is 30.3 Å². The topological polar surface area (TPSA) is 66.8 Å². The van der Waals surface area contributed by atoms with E-state index in [0.29, 0.717) is 24.3 Å². The van der Waals surface area contributed by atoms with Crippen molar-refractivity contribution in [3.8, 4) is 5.75 Å². The van der Waals surface area contributed by atoms with Crippen molar-refractivity contribution in [2.45, 2.75) is 32.2 Å². The molecule has 1 fully saturated rings. The molecule has 1 unspecified atom stereocenters. The van der Waals surface area contributed by atoms with E-state index < -0.39 is 23.5 Å². The van der Waals surface area contributed by atoms with E-state index in [4.69, 9.17) is 4.74 Å². The van der Waals surface area contributed by atoms with Gasteiger partial charge in [0, 0.05) is 17.7 Å². The van der Waals surface area contributed by atoms with E-state index in [-0.39, 0.29) is 23.4 Å². The van der Waals surface area contributed by atoms with Crippen LogP contribution in [-0.2, 0) is 16.0 Å². The quantitative estimate of drug-likeness (QED) is 0.188. The summed E-state index contributed by atoms with van der Waals surface area (Å²) in [6.45, 7) is 2.79. The molecule has 1 atom stereocenters. The molecule has 0 bridgehead atoms. The second-order valence-electron chi connectivity index (χ2n) is 8.48. The lowest BCUT2D eigenvalue weighted by atomic mass is 9.94. The minimum atomic E-state index is -1.04. The highest BCUT2D eigenvalue weighted by atomic mass is 19.1. The largest absolute Gasteiger partial charge is 0.507 e. The second kappa shape index (κ2) is 11.0. The molecule has 6 heteroatoms. The van der Waals surface area contributed by atoms with Gasteiger partial charge in [0.1, 0.15) is 17.3 Å². The van der Waals surface area contributed by atoms with Crippen molar-refractivity contribution in [1.82, 2.24) is 4.90 Å². The van der Waals surface area contributed by atoms with E-state index >= 15 is 0 Å². The molecule has 0 aliphatic carbocycles. The summed E-state index contributed by atoms with van der Waals surface area (Å²) in [4.78, 5) is 27.6. The first-order chi connectivity index (χ1) is 17.0. The van der Waals surface area contributed by atoms with E-state index in [0.717, 1.165) is 18.4 Å². The average Bonchev–Trinajstić information content (AvgIpc) is 3.13. The Bertz CT molecular complexity index is 1240. The fraction of sp³-hybridized carbons (Fsp3) is 0.241. The fourth-order valence-electron chi connectivity index (χ4n) is 4.25. The number of carbonyl (C=O) groups is 2. The van der Waals surface area contributed by atoms with Crippen LogP contribution in [0.5, 0.6) is 5.75 Å². The number of unbranched alkanes of at least 4 members (excludes halogenated alkanes) is 1. The summed E-state index contributed by atoms with van der Waals surface area (Å²) in [6, 6.07) is 21.3. The minimum Gasteiger partial charge on any atom is -0.507 e. The number of ketones is 1. The number of ether oxygens (including phenoxy) is 1. The SMILES string of the molecule is CCCCOc1cccc(C(O)=C2C(=O)C(=O)N(CCc3ccccc3)C2c2ccccc2F)c1. The third-order valence-electron chi connectivity index (χ3n) is 6.10. The van der Waals surface area contributed by atoms with Crippen molar-refractivity contribution in [2.24, 2.45) is 0 Å². The Morgan fingerprint density at radius 1 is 1.00 bits per heavy atom. The first kappa shape index (κ1) is 24.2. The monoisotopic (exact) mass is 473 g/mol. The molecule has 0 radical (unpaired) electrons. The highest BCUT2D eigenvalue weighted by molar-refractivity contribution is 6.46. The summed E-state index contributed by atoms with van der Waals surface area (Å²) in [5.41, 5.74) is 1.36. The molecule has 35 heavy (non-hydrogen) atoms. The van der Waals surface area contributed by atoms with Gasteiger partial charge in [0.25, 0.3) is 11.7 Å². The van der Waals surface area contributed by atoms with Gasteiger partial charge < -0.3 is 14.7 Å². The number of rotatable bonds is 9. The zero-order valence-electron chi connectivity index (χ0n) is 19.6. The predicted octanol–water partition coefficient (Wildman–Crippen LogP) is 5.67. The van der Waals surface area contributed by atoms with E-state index in [9.17, 15) is 19.1 Å². The van der Waals surface area contributed by atoms with Gasteiger partial charge in [-0.25, -0.2) is 4.39 Å². The van der Waals surface area contributed by atoms with E-state index in [1.165, 1.54) is 11.0 Å². The Balaban J connectivity index is 1.75. The highest BCUT2D eigenvalue weighted by Crippen LogP contribution is 2.40. The zero-order chi connectivity index (χ0) is 24.8. The van der Waals surface area contributed by atoms with Gasteiger partial charge in [0.2, 0.25) is 0 Å². The molecule has 0 spiro atoms. The maximum atomic E-state index is 14.9. The van der Waals surface area contributed by atoms with Crippen LogP contribution in [0.4, 0.5) is 4.39 Å². The lowest BCUT2D eigenvalue weighted by Gasteiger charge is -2.25. The molecular weight excluding hydrogens is 445 g/mol. The summed E-state index contributed by atoms with van der Waals surface area (Å²) < 4.78 is 20.7. The van der Waals surface area contributed by atoms with Gasteiger partial charge in [-0.2, -0.15) is 0 Å². The summed E-state index contributed by atoms with van der Waals surface area (Å²) in [5.74, 6) is -1.94. The molecule has 180 valence electrons. The molecule has 1 aliphatic rings. The maximum Gasteiger partial charge on any atom is 0.295 e. The smallest absolute Gasteiger partial charge is 0.295 e. The fourth-order valence-corrected chi connectivity index (χ4v) is 4.25. The van der Waals surface area contributed by atoms with Crippen molar-refractivity contribution in [1.29, 1.82) is 0 Å². The van der Waals surface area contributed by atoms with Gasteiger partial charge >= 0.3 is 0 Å². The van der Waals surface area contributed by atoms with Crippen LogP contribution in [-0.4, -0.2) is 34.8 Å². The Hall–Kier alpha value is -3.93. The number of nitrogens with zero attached hydrogens (tertiary/aromatic N) is 1. The lowest BCUT2D eigenvalue weighted by molar-refractivity contribution is -0.139. The number of halogens is 1. The van der Waals surface area contributed by atoms with Gasteiger partial charge in [-0.05, 0) is 36.6 Å². The van der Waals surface area contributed by atoms with Crippen LogP contribution in [0.1, 0.15) is 42.5 Å². The van der Waals surface area contributed by atoms with Crippen molar-refractivity contribution in [3.05, 3.63) is 107 Å². The molecule has 1 aliphatic heterocycles. The first-order valence-electron chi connectivity index (χ1n) is 11.8. The number of carbonyl (C=O) groups excluding carboxylic acids is 2. The van der Waals surface area contributed by atoms with E-state index in [2.05, 4.69) is 6.92 Å². The standard InChI is InChI=1S/C29H28FNO4/c1-2-3-18-35-22-13-9-12-21(19-22)27(32)25-26(23-14-7-8-15-24(23)30)31(29(34)28(25)33)17-16-20-10-5-4-6-11-20/h4-15,19,26,32H,2-3,16-18H2,1H3. The van der Waals surface area contributed by atoms with Crippen molar-refractivity contribution >= 4 is 17.4 Å². The van der Waals surface area contributed by atoms with Crippen LogP contribution in [0, 0.1) is 5.82 Å². The molecule has 1 saturated heterocycles. The number of benzene rings is 3. The van der Waals surface area contributed by atoms with Gasteiger partial charge in [0.05, 0.1) is 18.2 Å². The van der Waals surface area contributed by atoms with Crippen molar-refractivity contribution in [3.63, 3.8) is 0 Å². The summed E-state index contributed by atoms with van der Waals surface area (Å²) >= 11 is 0. The minimum absolute atomic E-state index is 0.126. The van der Waals surface area contributed by atoms with Gasteiger partial charge in [-0.3, -0.25) is 9.59 Å². The molecule has 3 aromatic carbocycles. The molecule has 1 amide bonds. The summed E-state index contributed by atoms with van der Waals surface area (Å²) in [7, 11) is 0. The van der Waals surface area contributed by atoms with Crippen LogP contribution in [0.25, 0.3) is 5.76 Å². The van der Waals surface area contributed by atoms with Crippen LogP contribution in [0.15, 0.2) is 84.4 Å². The molecule has 1 heterocycles. The third-order valence-corrected chi connectivity index (χ3v) is 6.10. The normalized spacial score (nSPS) is 17.1. The van der Waals surface area contributed by atoms with E-state index in [1.54, 1.807) is 42.5 Å². The summed E-state index contributed by atoms with van der Waals surface area (Å²) in [6.07, 6.45) is 2.35. The Morgan fingerprint density at radius 2 is 1.74 bits per heavy atom. The maximum absolute atomic E-state index is 14.9. The number of hydrogen-bond acceptors (Lipinski definition) is 4. The molecule has 0 aromatic heterocycles. The average molecular weight is 474 g/mol. The molecular formula is C29H28FNO4. The first-order valence-corrected chi connectivity index (χ1v) is 11.8. The summed E-state index contributed by atoms with van der Waals surface area (Å²) in [5, 5.41) is 11.2. The van der Waals surface area contributed by atoms with Crippen LogP contribution < -0.4 is 4.74 Å². The van der Waals surface area contributed by atoms with Crippen LogP contribution in [0.3, 0.4) is 0 Å². The van der Waals surface area contributed by atoms with Gasteiger partial charge in [-0.1, -0.05) is 74.0 Å². The molecule has 4 rings (SSSR count). The van der Waals surface area contributed by atoms with Crippen LogP contribution in [0.2, 0.25) is 0 Å². The number of Topliss-reactive ketones (excluding diaryl/α,β-unsaturated/α-hetero) is 1.